The lowest BCUT2D eigenvalue weighted by atomic mass is 10.2. The highest BCUT2D eigenvalue weighted by Crippen LogP contribution is 2.03. The van der Waals surface area contributed by atoms with E-state index in [4.69, 9.17) is 11.5 Å². The number of benzene rings is 1. The van der Waals surface area contributed by atoms with Gasteiger partial charge in [0, 0.05) is 18.4 Å². The lowest BCUT2D eigenvalue weighted by molar-refractivity contribution is 0.757. The minimum absolute atomic E-state index is 0.744. The Labute approximate surface area is 84.8 Å². The Bertz CT molecular complexity index is 294. The molecule has 3 nitrogen and oxygen atoms in total. The molecule has 0 bridgehead atoms. The van der Waals surface area contributed by atoms with Gasteiger partial charge in [0.2, 0.25) is 0 Å². The average Bonchev–Trinajstić information content (AvgIpc) is 2.18. The van der Waals surface area contributed by atoms with E-state index >= 15 is 0 Å². The summed E-state index contributed by atoms with van der Waals surface area (Å²) in [5.74, 6) is 0. The molecule has 1 rings (SSSR count). The molecule has 0 aliphatic rings. The molecular formula is C11H17N3. The van der Waals surface area contributed by atoms with Crippen LogP contribution in [0.3, 0.4) is 0 Å². The fourth-order valence-electron chi connectivity index (χ4n) is 1.16. The zero-order chi connectivity index (χ0) is 10.2. The second-order valence-corrected chi connectivity index (χ2v) is 3.20. The molecule has 1 aromatic rings. The Morgan fingerprint density at radius 2 is 2.14 bits per heavy atom. The van der Waals surface area contributed by atoms with E-state index in [1.54, 1.807) is 0 Å². The number of aliphatic imine (C=N–C) groups is 1. The zero-order valence-electron chi connectivity index (χ0n) is 8.32. The second-order valence-electron chi connectivity index (χ2n) is 3.20. The van der Waals surface area contributed by atoms with Crippen LogP contribution in [0.5, 0.6) is 0 Å². The maximum atomic E-state index is 5.63. The summed E-state index contributed by atoms with van der Waals surface area (Å²) in [6, 6.07) is 7.69. The number of anilines is 1. The fourth-order valence-corrected chi connectivity index (χ4v) is 1.16. The van der Waals surface area contributed by atoms with Crippen LogP contribution >= 0.6 is 0 Å². The van der Waals surface area contributed by atoms with E-state index in [9.17, 15) is 0 Å². The van der Waals surface area contributed by atoms with Crippen molar-refractivity contribution in [1.29, 1.82) is 0 Å². The summed E-state index contributed by atoms with van der Waals surface area (Å²) < 4.78 is 0. The highest BCUT2D eigenvalue weighted by Gasteiger charge is 1.88. The van der Waals surface area contributed by atoms with E-state index in [0.29, 0.717) is 0 Å². The van der Waals surface area contributed by atoms with E-state index in [-0.39, 0.29) is 0 Å². The first-order chi connectivity index (χ1) is 6.83. The standard InChI is InChI=1S/C11H17N3/c12-6-1-2-7-14-9-10-4-3-5-11(13)8-10/h3-5,8-9H,1-2,6-7,12-13H2/b14-9+. The monoisotopic (exact) mass is 191 g/mol. The molecule has 0 amide bonds. The minimum Gasteiger partial charge on any atom is -0.399 e. The molecule has 0 unspecified atom stereocenters. The minimum atomic E-state index is 0.744. The molecule has 1 aromatic carbocycles. The van der Waals surface area contributed by atoms with Crippen LogP contribution in [0.1, 0.15) is 18.4 Å². The van der Waals surface area contributed by atoms with Gasteiger partial charge >= 0.3 is 0 Å². The van der Waals surface area contributed by atoms with Crippen molar-refractivity contribution >= 4 is 11.9 Å². The Kier molecular flexibility index (Phi) is 4.72. The first-order valence-corrected chi connectivity index (χ1v) is 4.88. The lowest BCUT2D eigenvalue weighted by Gasteiger charge is -1.95. The van der Waals surface area contributed by atoms with E-state index in [2.05, 4.69) is 4.99 Å². The van der Waals surface area contributed by atoms with Crippen molar-refractivity contribution in [1.82, 2.24) is 0 Å². The van der Waals surface area contributed by atoms with Gasteiger partial charge in [-0.3, -0.25) is 4.99 Å². The normalized spacial score (nSPS) is 10.9. The summed E-state index contributed by atoms with van der Waals surface area (Å²) >= 11 is 0. The number of unbranched alkanes of at least 4 members (excludes halogenated alkanes) is 1. The molecule has 0 saturated heterocycles. The van der Waals surface area contributed by atoms with Gasteiger partial charge in [0.25, 0.3) is 0 Å². The van der Waals surface area contributed by atoms with Gasteiger partial charge in [-0.1, -0.05) is 12.1 Å². The topological polar surface area (TPSA) is 64.4 Å². The number of nitrogen functional groups attached to an aromatic ring is 1. The predicted molar refractivity (Wildman–Crippen MR) is 61.6 cm³/mol. The summed E-state index contributed by atoms with van der Waals surface area (Å²) in [6.07, 6.45) is 3.94. The Balaban J connectivity index is 2.36. The molecule has 0 aliphatic heterocycles. The average molecular weight is 191 g/mol. The molecule has 0 aromatic heterocycles. The lowest BCUT2D eigenvalue weighted by Crippen LogP contribution is -1.98. The van der Waals surface area contributed by atoms with Crippen molar-refractivity contribution in [3.8, 4) is 0 Å². The molecular weight excluding hydrogens is 174 g/mol. The summed E-state index contributed by atoms with van der Waals surface area (Å²) in [5.41, 5.74) is 12.8. The van der Waals surface area contributed by atoms with E-state index in [1.165, 1.54) is 0 Å². The third-order valence-electron chi connectivity index (χ3n) is 1.89. The van der Waals surface area contributed by atoms with Crippen molar-refractivity contribution in [2.75, 3.05) is 18.8 Å². The summed E-state index contributed by atoms with van der Waals surface area (Å²) in [7, 11) is 0. The van der Waals surface area contributed by atoms with Crippen LogP contribution in [0.2, 0.25) is 0 Å². The summed E-state index contributed by atoms with van der Waals surface area (Å²) in [4.78, 5) is 4.28. The second kappa shape index (κ2) is 6.16. The van der Waals surface area contributed by atoms with Gasteiger partial charge in [-0.25, -0.2) is 0 Å². The summed E-state index contributed by atoms with van der Waals surface area (Å²) in [5, 5.41) is 0. The van der Waals surface area contributed by atoms with E-state index in [0.717, 1.165) is 37.2 Å². The third-order valence-corrected chi connectivity index (χ3v) is 1.89. The Morgan fingerprint density at radius 3 is 2.86 bits per heavy atom. The molecule has 14 heavy (non-hydrogen) atoms. The molecule has 0 heterocycles. The van der Waals surface area contributed by atoms with Gasteiger partial charge in [0.15, 0.2) is 0 Å². The highest BCUT2D eigenvalue weighted by atomic mass is 14.7. The Morgan fingerprint density at radius 1 is 1.29 bits per heavy atom. The van der Waals surface area contributed by atoms with Crippen molar-refractivity contribution < 1.29 is 0 Å². The van der Waals surface area contributed by atoms with Crippen molar-refractivity contribution in [3.63, 3.8) is 0 Å². The highest BCUT2D eigenvalue weighted by molar-refractivity contribution is 5.80. The van der Waals surface area contributed by atoms with Gasteiger partial charge in [0.05, 0.1) is 0 Å². The number of nitrogens with two attached hydrogens (primary N) is 2. The number of nitrogens with zero attached hydrogens (tertiary/aromatic N) is 1. The maximum Gasteiger partial charge on any atom is 0.0390 e. The number of hydrogen-bond donors (Lipinski definition) is 2. The van der Waals surface area contributed by atoms with Gasteiger partial charge in [-0.15, -0.1) is 0 Å². The number of hydrogen-bond acceptors (Lipinski definition) is 3. The first-order valence-electron chi connectivity index (χ1n) is 4.88. The quantitative estimate of drug-likeness (QED) is 0.420. The molecule has 0 spiro atoms. The van der Waals surface area contributed by atoms with Gasteiger partial charge in [-0.2, -0.15) is 0 Å². The van der Waals surface area contributed by atoms with Crippen molar-refractivity contribution in [3.05, 3.63) is 29.8 Å². The molecule has 0 aliphatic carbocycles. The summed E-state index contributed by atoms with van der Waals surface area (Å²) in [6.45, 7) is 1.58. The van der Waals surface area contributed by atoms with E-state index < -0.39 is 0 Å². The SMILES string of the molecule is NCCCC/N=C/c1cccc(N)c1. The molecule has 76 valence electrons. The van der Waals surface area contributed by atoms with Crippen LogP contribution in [-0.4, -0.2) is 19.3 Å². The predicted octanol–water partition coefficient (Wildman–Crippen LogP) is 1.43. The number of rotatable bonds is 5. The molecule has 3 heteroatoms. The molecule has 0 radical (unpaired) electrons. The van der Waals surface area contributed by atoms with Crippen molar-refractivity contribution in [2.24, 2.45) is 10.7 Å². The molecule has 0 atom stereocenters. The molecule has 4 N–H and O–H groups in total. The zero-order valence-corrected chi connectivity index (χ0v) is 8.32. The maximum absolute atomic E-state index is 5.63. The van der Waals surface area contributed by atoms with Crippen LogP contribution in [0.15, 0.2) is 29.3 Å². The Hall–Kier alpha value is -1.35. The van der Waals surface area contributed by atoms with Crippen LogP contribution in [0.4, 0.5) is 5.69 Å². The molecule has 0 saturated carbocycles. The van der Waals surface area contributed by atoms with Crippen molar-refractivity contribution in [2.45, 2.75) is 12.8 Å². The van der Waals surface area contributed by atoms with Crippen LogP contribution in [0.25, 0.3) is 0 Å². The largest absolute Gasteiger partial charge is 0.399 e. The third kappa shape index (κ3) is 4.05. The van der Waals surface area contributed by atoms with Gasteiger partial charge < -0.3 is 11.5 Å². The first kappa shape index (κ1) is 10.7. The fraction of sp³-hybridized carbons (Fsp3) is 0.364. The van der Waals surface area contributed by atoms with Gasteiger partial charge in [0.1, 0.15) is 0 Å². The van der Waals surface area contributed by atoms with E-state index in [1.807, 2.05) is 30.5 Å². The van der Waals surface area contributed by atoms with Crippen LogP contribution < -0.4 is 11.5 Å². The van der Waals surface area contributed by atoms with Crippen LogP contribution in [-0.2, 0) is 0 Å². The smallest absolute Gasteiger partial charge is 0.0390 e. The van der Waals surface area contributed by atoms with Gasteiger partial charge in [-0.05, 0) is 37.1 Å². The molecule has 0 fully saturated rings. The van der Waals surface area contributed by atoms with Crippen LogP contribution in [0, 0.1) is 0 Å².